The highest BCUT2D eigenvalue weighted by molar-refractivity contribution is 9.10. The summed E-state index contributed by atoms with van der Waals surface area (Å²) in [5.74, 6) is 0.779. The summed E-state index contributed by atoms with van der Waals surface area (Å²) in [6.07, 6.45) is 0. The summed E-state index contributed by atoms with van der Waals surface area (Å²) in [5, 5.41) is 7.67. The van der Waals surface area contributed by atoms with Gasteiger partial charge < -0.3 is 15.0 Å². The van der Waals surface area contributed by atoms with Crippen LogP contribution in [-0.4, -0.2) is 46.7 Å². The summed E-state index contributed by atoms with van der Waals surface area (Å²) in [4.78, 5) is 27.4. The molecule has 0 radical (unpaired) electrons. The second kappa shape index (κ2) is 10.2. The fraction of sp³-hybridized carbons (Fsp3) is 0.320. The van der Waals surface area contributed by atoms with Crippen LogP contribution in [0.25, 0.3) is 5.69 Å². The van der Waals surface area contributed by atoms with Crippen molar-refractivity contribution in [1.29, 1.82) is 0 Å². The maximum absolute atomic E-state index is 13.0. The molecule has 1 N–H and O–H groups in total. The van der Waals surface area contributed by atoms with E-state index in [1.807, 2.05) is 43.3 Å². The van der Waals surface area contributed by atoms with E-state index in [9.17, 15) is 9.59 Å². The Balaban J connectivity index is 1.84. The molecule has 0 saturated carbocycles. The van der Waals surface area contributed by atoms with E-state index in [0.29, 0.717) is 17.9 Å². The van der Waals surface area contributed by atoms with Gasteiger partial charge in [-0.3, -0.25) is 9.59 Å². The van der Waals surface area contributed by atoms with E-state index in [0.717, 1.165) is 21.6 Å². The molecule has 3 aromatic rings. The lowest BCUT2D eigenvalue weighted by molar-refractivity contribution is -0.116. The van der Waals surface area contributed by atoms with Gasteiger partial charge in [-0.1, -0.05) is 42.8 Å². The summed E-state index contributed by atoms with van der Waals surface area (Å²) in [5.41, 5.74) is 1.95. The first-order valence-corrected chi connectivity index (χ1v) is 11.5. The minimum absolute atomic E-state index is 0.0690. The Bertz CT molecular complexity index is 1130. The van der Waals surface area contributed by atoms with E-state index in [2.05, 4.69) is 42.0 Å². The zero-order chi connectivity index (χ0) is 24.2. The molecule has 7 nitrogen and oxygen atoms in total. The van der Waals surface area contributed by atoms with Gasteiger partial charge in [-0.2, -0.15) is 5.10 Å². The minimum atomic E-state index is -0.296. The Morgan fingerprint density at radius 2 is 1.82 bits per heavy atom. The van der Waals surface area contributed by atoms with Crippen molar-refractivity contribution in [1.82, 2.24) is 14.7 Å². The van der Waals surface area contributed by atoms with Gasteiger partial charge in [-0.05, 0) is 49.4 Å². The van der Waals surface area contributed by atoms with Gasteiger partial charge in [0.25, 0.3) is 5.91 Å². The Labute approximate surface area is 202 Å². The summed E-state index contributed by atoms with van der Waals surface area (Å²) < 4.78 is 7.75. The van der Waals surface area contributed by atoms with Crippen molar-refractivity contribution in [3.05, 3.63) is 70.3 Å². The Morgan fingerprint density at radius 1 is 1.12 bits per heavy atom. The number of methoxy groups -OCH3 is 1. The van der Waals surface area contributed by atoms with E-state index in [1.165, 1.54) is 4.90 Å². The van der Waals surface area contributed by atoms with Crippen molar-refractivity contribution in [2.24, 2.45) is 0 Å². The normalized spacial score (nSPS) is 11.2. The molecule has 1 aromatic heterocycles. The third-order valence-electron chi connectivity index (χ3n) is 5.14. The molecule has 1 heterocycles. The third kappa shape index (κ3) is 6.01. The number of hydrogen-bond acceptors (Lipinski definition) is 4. The molecule has 0 aliphatic rings. The SMILES string of the molecule is CCN(CC(=O)Nc1cc(C(C)(C)C)nn1-c1ccc(OC)cc1)C(=O)c1cccc(Br)c1. The van der Waals surface area contributed by atoms with Crippen LogP contribution in [0.5, 0.6) is 5.75 Å². The topological polar surface area (TPSA) is 76.5 Å². The monoisotopic (exact) mass is 512 g/mol. The van der Waals surface area contributed by atoms with E-state index in [-0.39, 0.29) is 23.8 Å². The second-order valence-electron chi connectivity index (χ2n) is 8.65. The predicted octanol–water partition coefficient (Wildman–Crippen LogP) is 5.04. The van der Waals surface area contributed by atoms with Crippen LogP contribution < -0.4 is 10.1 Å². The highest BCUT2D eigenvalue weighted by Crippen LogP contribution is 2.27. The van der Waals surface area contributed by atoms with Gasteiger partial charge in [0.15, 0.2) is 0 Å². The van der Waals surface area contributed by atoms with Gasteiger partial charge in [0, 0.05) is 28.1 Å². The zero-order valence-corrected chi connectivity index (χ0v) is 21.1. The molecule has 174 valence electrons. The van der Waals surface area contributed by atoms with Gasteiger partial charge in [0.2, 0.25) is 5.91 Å². The van der Waals surface area contributed by atoms with E-state index in [1.54, 1.807) is 30.0 Å². The summed E-state index contributed by atoms with van der Waals surface area (Å²) >= 11 is 3.39. The fourth-order valence-electron chi connectivity index (χ4n) is 3.24. The molecule has 0 aliphatic heterocycles. The zero-order valence-electron chi connectivity index (χ0n) is 19.6. The van der Waals surface area contributed by atoms with Crippen LogP contribution in [0.15, 0.2) is 59.1 Å². The Kier molecular flexibility index (Phi) is 7.58. The number of carbonyl (C=O) groups is 2. The lowest BCUT2D eigenvalue weighted by Gasteiger charge is -2.20. The van der Waals surface area contributed by atoms with Crippen molar-refractivity contribution in [2.75, 3.05) is 25.5 Å². The molecule has 0 aliphatic carbocycles. The van der Waals surface area contributed by atoms with Crippen molar-refractivity contribution >= 4 is 33.6 Å². The fourth-order valence-corrected chi connectivity index (χ4v) is 3.64. The van der Waals surface area contributed by atoms with Crippen molar-refractivity contribution in [3.63, 3.8) is 0 Å². The lowest BCUT2D eigenvalue weighted by atomic mass is 9.92. The first-order valence-electron chi connectivity index (χ1n) is 10.7. The number of hydrogen-bond donors (Lipinski definition) is 1. The van der Waals surface area contributed by atoms with E-state index < -0.39 is 0 Å². The number of amides is 2. The molecule has 0 atom stereocenters. The van der Waals surface area contributed by atoms with Crippen molar-refractivity contribution < 1.29 is 14.3 Å². The van der Waals surface area contributed by atoms with Gasteiger partial charge in [-0.25, -0.2) is 4.68 Å². The number of nitrogens with zero attached hydrogens (tertiary/aromatic N) is 3. The number of carbonyl (C=O) groups excluding carboxylic acids is 2. The number of halogens is 1. The minimum Gasteiger partial charge on any atom is -0.497 e. The number of nitrogens with one attached hydrogen (secondary N) is 1. The van der Waals surface area contributed by atoms with Gasteiger partial charge in [-0.15, -0.1) is 0 Å². The number of anilines is 1. The van der Waals surface area contributed by atoms with Gasteiger partial charge in [0.05, 0.1) is 18.5 Å². The molecule has 0 spiro atoms. The number of ether oxygens (including phenoxy) is 1. The van der Waals surface area contributed by atoms with E-state index in [4.69, 9.17) is 9.84 Å². The molecule has 0 fully saturated rings. The summed E-state index contributed by atoms with van der Waals surface area (Å²) in [6, 6.07) is 16.4. The van der Waals surface area contributed by atoms with Crippen LogP contribution in [0.2, 0.25) is 0 Å². The highest BCUT2D eigenvalue weighted by atomic mass is 79.9. The molecule has 0 bridgehead atoms. The first kappa shape index (κ1) is 24.5. The molecule has 8 heteroatoms. The summed E-state index contributed by atoms with van der Waals surface area (Å²) in [6.45, 7) is 8.38. The van der Waals surface area contributed by atoms with Crippen LogP contribution in [0.4, 0.5) is 5.82 Å². The average molecular weight is 513 g/mol. The molecule has 3 rings (SSSR count). The smallest absolute Gasteiger partial charge is 0.254 e. The molecule has 0 saturated heterocycles. The van der Waals surface area contributed by atoms with Gasteiger partial charge >= 0.3 is 0 Å². The maximum atomic E-state index is 13.0. The van der Waals surface area contributed by atoms with Crippen LogP contribution in [0, 0.1) is 0 Å². The quantitative estimate of drug-likeness (QED) is 0.480. The number of rotatable bonds is 7. The maximum Gasteiger partial charge on any atom is 0.254 e. The van der Waals surface area contributed by atoms with Crippen LogP contribution in [-0.2, 0) is 10.2 Å². The largest absolute Gasteiger partial charge is 0.497 e. The molecule has 2 aromatic carbocycles. The first-order chi connectivity index (χ1) is 15.6. The molecular weight excluding hydrogens is 484 g/mol. The van der Waals surface area contributed by atoms with Crippen molar-refractivity contribution in [3.8, 4) is 11.4 Å². The number of aromatic nitrogens is 2. The lowest BCUT2D eigenvalue weighted by Crippen LogP contribution is -2.38. The molecule has 0 unspecified atom stereocenters. The summed E-state index contributed by atoms with van der Waals surface area (Å²) in [7, 11) is 1.61. The predicted molar refractivity (Wildman–Crippen MR) is 133 cm³/mol. The molecule has 33 heavy (non-hydrogen) atoms. The average Bonchev–Trinajstić information content (AvgIpc) is 3.21. The van der Waals surface area contributed by atoms with Crippen LogP contribution in [0.3, 0.4) is 0 Å². The Morgan fingerprint density at radius 3 is 2.39 bits per heavy atom. The number of likely N-dealkylation sites (N-methyl/N-ethyl adjacent to an activating group) is 1. The van der Waals surface area contributed by atoms with E-state index >= 15 is 0 Å². The third-order valence-corrected chi connectivity index (χ3v) is 5.63. The Hall–Kier alpha value is -3.13. The molecule has 2 amide bonds. The van der Waals surface area contributed by atoms with Crippen molar-refractivity contribution in [2.45, 2.75) is 33.1 Å². The van der Waals surface area contributed by atoms with Crippen LogP contribution in [0.1, 0.15) is 43.7 Å². The second-order valence-corrected chi connectivity index (χ2v) is 9.57. The standard InChI is InChI=1S/C25H29BrN4O3/c1-6-29(24(32)17-8-7-9-18(26)14-17)16-23(31)27-22-15-21(25(2,3)4)28-30(22)19-10-12-20(33-5)13-11-19/h7-15H,6,16H2,1-5H3,(H,27,31). The van der Waals surface area contributed by atoms with Crippen LogP contribution >= 0.6 is 15.9 Å². The highest BCUT2D eigenvalue weighted by Gasteiger charge is 2.23. The van der Waals surface area contributed by atoms with Gasteiger partial charge in [0.1, 0.15) is 18.1 Å². The number of benzene rings is 2. The molecular formula is C25H29BrN4O3.